The Labute approximate surface area is 191 Å². The van der Waals surface area contributed by atoms with E-state index in [9.17, 15) is 13.2 Å². The van der Waals surface area contributed by atoms with Crippen molar-refractivity contribution >= 4 is 50.5 Å². The van der Waals surface area contributed by atoms with E-state index in [0.29, 0.717) is 27.2 Å². The Morgan fingerprint density at radius 2 is 1.61 bits per heavy atom. The summed E-state index contributed by atoms with van der Waals surface area (Å²) in [5.74, 6) is 0.0516. The van der Waals surface area contributed by atoms with Crippen LogP contribution in [0.1, 0.15) is 5.56 Å². The minimum absolute atomic E-state index is 0.208. The summed E-state index contributed by atoms with van der Waals surface area (Å²) in [6.07, 6.45) is 0. The molecule has 0 unspecified atom stereocenters. The zero-order chi connectivity index (χ0) is 22.6. The third-order valence-corrected chi connectivity index (χ3v) is 6.99. The van der Waals surface area contributed by atoms with E-state index in [0.717, 1.165) is 5.56 Å². The van der Waals surface area contributed by atoms with E-state index < -0.39 is 10.0 Å². The summed E-state index contributed by atoms with van der Waals surface area (Å²) >= 11 is 11.8. The van der Waals surface area contributed by atoms with Crippen molar-refractivity contribution < 1.29 is 17.9 Å². The molecule has 0 saturated carbocycles. The third-order valence-electron chi connectivity index (χ3n) is 4.45. The van der Waals surface area contributed by atoms with Gasteiger partial charge in [0.25, 0.3) is 15.9 Å². The van der Waals surface area contributed by atoms with Crippen LogP contribution in [0.5, 0.6) is 5.75 Å². The first-order valence-corrected chi connectivity index (χ1v) is 11.4. The Morgan fingerprint density at radius 3 is 2.23 bits per heavy atom. The number of carbonyl (C=O) groups is 1. The van der Waals surface area contributed by atoms with E-state index in [4.69, 9.17) is 27.9 Å². The van der Waals surface area contributed by atoms with E-state index in [-0.39, 0.29) is 17.4 Å². The molecule has 9 heteroatoms. The van der Waals surface area contributed by atoms with Gasteiger partial charge in [0.15, 0.2) is 6.61 Å². The average Bonchev–Trinajstić information content (AvgIpc) is 2.75. The Morgan fingerprint density at radius 1 is 0.968 bits per heavy atom. The molecule has 0 aliphatic rings. The standard InChI is InChI=1S/C22H20Cl2N2O4S/c1-15-3-10-19(11-4-15)31(28,29)26(2)17-6-8-18(9-7-17)30-14-22(27)25-16-5-12-20(23)21(24)13-16/h3-13H,14H2,1-2H3,(H,25,27). The van der Waals surface area contributed by atoms with E-state index in [1.54, 1.807) is 66.7 Å². The summed E-state index contributed by atoms with van der Waals surface area (Å²) < 4.78 is 32.2. The molecule has 0 bridgehead atoms. The number of sulfonamides is 1. The lowest BCUT2D eigenvalue weighted by molar-refractivity contribution is -0.118. The number of nitrogens with zero attached hydrogens (tertiary/aromatic N) is 1. The minimum atomic E-state index is -3.68. The summed E-state index contributed by atoms with van der Waals surface area (Å²) in [4.78, 5) is 12.3. The minimum Gasteiger partial charge on any atom is -0.484 e. The van der Waals surface area contributed by atoms with Crippen molar-refractivity contribution in [1.82, 2.24) is 0 Å². The lowest BCUT2D eigenvalue weighted by atomic mass is 10.2. The van der Waals surface area contributed by atoms with Gasteiger partial charge in [0, 0.05) is 12.7 Å². The molecule has 3 rings (SSSR count). The molecule has 0 saturated heterocycles. The second-order valence-corrected chi connectivity index (χ2v) is 9.53. The van der Waals surface area contributed by atoms with Gasteiger partial charge in [-0.05, 0) is 61.5 Å². The fourth-order valence-electron chi connectivity index (χ4n) is 2.68. The molecule has 1 amide bonds. The molecular formula is C22H20Cl2N2O4S. The zero-order valence-corrected chi connectivity index (χ0v) is 19.1. The van der Waals surface area contributed by atoms with Crippen molar-refractivity contribution in [2.45, 2.75) is 11.8 Å². The largest absolute Gasteiger partial charge is 0.484 e. The van der Waals surface area contributed by atoms with Crippen LogP contribution in [-0.4, -0.2) is 28.0 Å². The maximum Gasteiger partial charge on any atom is 0.264 e. The van der Waals surface area contributed by atoms with Crippen LogP contribution in [0, 0.1) is 6.92 Å². The van der Waals surface area contributed by atoms with Crippen molar-refractivity contribution in [3.05, 3.63) is 82.3 Å². The topological polar surface area (TPSA) is 75.7 Å². The number of aryl methyl sites for hydroxylation is 1. The number of halogens is 2. The van der Waals surface area contributed by atoms with Gasteiger partial charge in [-0.3, -0.25) is 9.10 Å². The lowest BCUT2D eigenvalue weighted by Gasteiger charge is -2.20. The first-order chi connectivity index (χ1) is 14.7. The van der Waals surface area contributed by atoms with E-state index in [2.05, 4.69) is 5.32 Å². The summed E-state index contributed by atoms with van der Waals surface area (Å²) in [7, 11) is -2.20. The molecular weight excluding hydrogens is 459 g/mol. The Hall–Kier alpha value is -2.74. The molecule has 1 N–H and O–H groups in total. The summed E-state index contributed by atoms with van der Waals surface area (Å²) in [5.41, 5.74) is 1.95. The van der Waals surface area contributed by atoms with Crippen LogP contribution in [0.15, 0.2) is 71.6 Å². The first kappa shape index (κ1) is 22.9. The number of anilines is 2. The van der Waals surface area contributed by atoms with Crippen LogP contribution in [-0.2, 0) is 14.8 Å². The molecule has 0 atom stereocenters. The van der Waals surface area contributed by atoms with Crippen LogP contribution in [0.4, 0.5) is 11.4 Å². The fourth-order valence-corrected chi connectivity index (χ4v) is 4.17. The van der Waals surface area contributed by atoms with Gasteiger partial charge in [0.05, 0.1) is 20.6 Å². The highest BCUT2D eigenvalue weighted by atomic mass is 35.5. The van der Waals surface area contributed by atoms with Gasteiger partial charge in [-0.15, -0.1) is 0 Å². The zero-order valence-electron chi connectivity index (χ0n) is 16.8. The molecule has 6 nitrogen and oxygen atoms in total. The number of amides is 1. The quantitative estimate of drug-likeness (QED) is 0.509. The second-order valence-electron chi connectivity index (χ2n) is 6.75. The van der Waals surface area contributed by atoms with E-state index in [1.807, 2.05) is 6.92 Å². The molecule has 31 heavy (non-hydrogen) atoms. The molecule has 0 spiro atoms. The van der Waals surface area contributed by atoms with Gasteiger partial charge < -0.3 is 10.1 Å². The maximum atomic E-state index is 12.8. The predicted molar refractivity (Wildman–Crippen MR) is 124 cm³/mol. The molecule has 0 aromatic heterocycles. The van der Waals surface area contributed by atoms with Crippen molar-refractivity contribution in [1.29, 1.82) is 0 Å². The molecule has 0 heterocycles. The van der Waals surface area contributed by atoms with Gasteiger partial charge in [0.1, 0.15) is 5.75 Å². The highest BCUT2D eigenvalue weighted by Crippen LogP contribution is 2.26. The van der Waals surface area contributed by atoms with Gasteiger partial charge in [-0.25, -0.2) is 8.42 Å². The third kappa shape index (κ3) is 5.70. The van der Waals surface area contributed by atoms with Gasteiger partial charge in [-0.1, -0.05) is 40.9 Å². The molecule has 0 aliphatic carbocycles. The molecule has 162 valence electrons. The van der Waals surface area contributed by atoms with Crippen molar-refractivity contribution in [2.75, 3.05) is 23.3 Å². The Bertz CT molecular complexity index is 1180. The second kappa shape index (κ2) is 9.60. The maximum absolute atomic E-state index is 12.8. The summed E-state index contributed by atoms with van der Waals surface area (Å²) in [6.45, 7) is 1.67. The highest BCUT2D eigenvalue weighted by molar-refractivity contribution is 7.92. The molecule has 3 aromatic rings. The number of rotatable bonds is 7. The molecule has 0 aliphatic heterocycles. The number of ether oxygens (including phenoxy) is 1. The smallest absolute Gasteiger partial charge is 0.264 e. The Kier molecular flexibility index (Phi) is 7.10. The monoisotopic (exact) mass is 478 g/mol. The normalized spacial score (nSPS) is 11.1. The fraction of sp³-hybridized carbons (Fsp3) is 0.136. The van der Waals surface area contributed by atoms with Crippen LogP contribution >= 0.6 is 23.2 Å². The molecule has 0 radical (unpaired) electrons. The number of nitrogens with one attached hydrogen (secondary N) is 1. The van der Waals surface area contributed by atoms with Gasteiger partial charge in [-0.2, -0.15) is 0 Å². The predicted octanol–water partition coefficient (Wildman–Crippen LogP) is 5.14. The van der Waals surface area contributed by atoms with Crippen molar-refractivity contribution in [3.8, 4) is 5.75 Å². The Balaban J connectivity index is 1.61. The van der Waals surface area contributed by atoms with Crippen LogP contribution in [0.25, 0.3) is 0 Å². The van der Waals surface area contributed by atoms with Gasteiger partial charge >= 0.3 is 0 Å². The number of hydrogen-bond donors (Lipinski definition) is 1. The summed E-state index contributed by atoms with van der Waals surface area (Å²) in [6, 6.07) is 17.8. The molecule has 0 fully saturated rings. The number of hydrogen-bond acceptors (Lipinski definition) is 4. The summed E-state index contributed by atoms with van der Waals surface area (Å²) in [5, 5.41) is 3.39. The van der Waals surface area contributed by atoms with Crippen molar-refractivity contribution in [3.63, 3.8) is 0 Å². The number of carbonyl (C=O) groups excluding carboxylic acids is 1. The lowest BCUT2D eigenvalue weighted by Crippen LogP contribution is -2.26. The van der Waals surface area contributed by atoms with Crippen molar-refractivity contribution in [2.24, 2.45) is 0 Å². The van der Waals surface area contributed by atoms with E-state index in [1.165, 1.54) is 11.4 Å². The SMILES string of the molecule is Cc1ccc(S(=O)(=O)N(C)c2ccc(OCC(=O)Nc3ccc(Cl)c(Cl)c3)cc2)cc1. The molecule has 3 aromatic carbocycles. The average molecular weight is 479 g/mol. The number of benzene rings is 3. The van der Waals surface area contributed by atoms with Crippen LogP contribution in [0.3, 0.4) is 0 Å². The highest BCUT2D eigenvalue weighted by Gasteiger charge is 2.21. The first-order valence-electron chi connectivity index (χ1n) is 9.20. The van der Waals surface area contributed by atoms with Crippen LogP contribution in [0.2, 0.25) is 10.0 Å². The van der Waals surface area contributed by atoms with Gasteiger partial charge in [0.2, 0.25) is 0 Å². The van der Waals surface area contributed by atoms with E-state index >= 15 is 0 Å². The van der Waals surface area contributed by atoms with Crippen LogP contribution < -0.4 is 14.4 Å².